The van der Waals surface area contributed by atoms with E-state index in [1.165, 1.54) is 6.20 Å². The zero-order valence-electron chi connectivity index (χ0n) is 28.7. The van der Waals surface area contributed by atoms with Crippen LogP contribution in [0, 0.1) is 12.3 Å². The van der Waals surface area contributed by atoms with Crippen molar-refractivity contribution in [2.24, 2.45) is 5.41 Å². The van der Waals surface area contributed by atoms with Crippen LogP contribution in [0.2, 0.25) is 0 Å². The smallest absolute Gasteiger partial charge is 0.418 e. The van der Waals surface area contributed by atoms with Crippen molar-refractivity contribution in [3.63, 3.8) is 0 Å². The Morgan fingerprint density at radius 1 is 1.12 bits per heavy atom. The van der Waals surface area contributed by atoms with E-state index in [2.05, 4.69) is 35.1 Å². The summed E-state index contributed by atoms with van der Waals surface area (Å²) in [6, 6.07) is 6.21. The van der Waals surface area contributed by atoms with E-state index >= 15 is 0 Å². The van der Waals surface area contributed by atoms with Gasteiger partial charge in [0.1, 0.15) is 11.2 Å². The molecule has 0 saturated heterocycles. The molecule has 14 heteroatoms. The molecule has 2 fully saturated rings. The summed E-state index contributed by atoms with van der Waals surface area (Å²) in [5.41, 5.74) is 2.75. The molecule has 0 unspecified atom stereocenters. The van der Waals surface area contributed by atoms with E-state index in [0.717, 1.165) is 37.3 Å². The highest BCUT2D eigenvalue weighted by Crippen LogP contribution is 2.46. The van der Waals surface area contributed by atoms with Gasteiger partial charge in [0.15, 0.2) is 5.65 Å². The fourth-order valence-corrected chi connectivity index (χ4v) is 6.99. The number of aryl methyl sites for hydroxylation is 2. The zero-order valence-corrected chi connectivity index (χ0v) is 28.7. The minimum atomic E-state index is -4.56. The van der Waals surface area contributed by atoms with Gasteiger partial charge in [0, 0.05) is 55.9 Å². The van der Waals surface area contributed by atoms with Gasteiger partial charge >= 0.3 is 12.1 Å². The van der Waals surface area contributed by atoms with E-state index in [4.69, 9.17) is 9.47 Å². The lowest BCUT2D eigenvalue weighted by Gasteiger charge is -2.34. The lowest BCUT2D eigenvalue weighted by atomic mass is 9.86. The first kappa shape index (κ1) is 35.2. The van der Waals surface area contributed by atoms with Crippen molar-refractivity contribution in [1.29, 1.82) is 0 Å². The molecule has 0 aromatic carbocycles. The van der Waals surface area contributed by atoms with Crippen LogP contribution in [-0.4, -0.2) is 70.7 Å². The number of halogens is 3. The number of esters is 1. The minimum Gasteiger partial charge on any atom is -0.466 e. The number of imidazole rings is 1. The predicted molar refractivity (Wildman–Crippen MR) is 182 cm³/mol. The summed E-state index contributed by atoms with van der Waals surface area (Å²) in [4.78, 5) is 48.3. The molecule has 6 rings (SSSR count). The topological polar surface area (TPSA) is 135 Å². The van der Waals surface area contributed by atoms with Crippen LogP contribution in [0.25, 0.3) is 22.4 Å². The Balaban J connectivity index is 1.33. The van der Waals surface area contributed by atoms with Crippen molar-refractivity contribution < 1.29 is 32.2 Å². The van der Waals surface area contributed by atoms with Crippen LogP contribution in [0.15, 0.2) is 30.5 Å². The number of fused-ring (bicyclic) bond motifs is 1. The standard InChI is InChI=1S/C36H42F3N7O4/c1-5-50-29(47)13-11-22-10-12-26(41-21(22)2)33(48)45-34-43-31-28(46(3)19-35(20-49-4)14-6-7-15-35)17-27(42-32(31)44-34)24-16-25(36(37,38)39)30(40-18-24)23-8-9-23/h10,12,16-18,23H,5-9,11,13-15,19-20H2,1-4H3,(H2,42,43,44,45,48). The molecule has 2 aliphatic carbocycles. The first-order valence-corrected chi connectivity index (χ1v) is 17.0. The molecule has 11 nitrogen and oxygen atoms in total. The number of carbonyl (C=O) groups excluding carboxylic acids is 2. The van der Waals surface area contributed by atoms with Crippen LogP contribution in [0.4, 0.5) is 24.8 Å². The van der Waals surface area contributed by atoms with Gasteiger partial charge in [0.2, 0.25) is 5.95 Å². The molecule has 1 amide bonds. The Hall–Kier alpha value is -4.59. The minimum absolute atomic E-state index is 0.0723. The van der Waals surface area contributed by atoms with E-state index in [0.29, 0.717) is 55.9 Å². The summed E-state index contributed by atoms with van der Waals surface area (Å²) in [5, 5.41) is 2.76. The Labute approximate surface area is 288 Å². The Kier molecular flexibility index (Phi) is 10.1. The number of aromatic amines is 1. The second kappa shape index (κ2) is 14.3. The first-order valence-electron chi connectivity index (χ1n) is 17.0. The Morgan fingerprint density at radius 2 is 1.88 bits per heavy atom. The summed E-state index contributed by atoms with van der Waals surface area (Å²) in [6.07, 6.45) is 3.07. The monoisotopic (exact) mass is 693 g/mol. The number of nitrogens with one attached hydrogen (secondary N) is 2. The van der Waals surface area contributed by atoms with Gasteiger partial charge in [-0.1, -0.05) is 18.9 Å². The fourth-order valence-electron chi connectivity index (χ4n) is 6.99. The maximum atomic E-state index is 14.2. The average Bonchev–Trinajstić information content (AvgIpc) is 3.69. The second-order valence-electron chi connectivity index (χ2n) is 13.4. The van der Waals surface area contributed by atoms with E-state index in [1.807, 2.05) is 7.05 Å². The molecule has 50 heavy (non-hydrogen) atoms. The summed E-state index contributed by atoms with van der Waals surface area (Å²) < 4.78 is 53.2. The van der Waals surface area contributed by atoms with Crippen LogP contribution in [-0.2, 0) is 26.9 Å². The molecule has 4 heterocycles. The molecule has 0 aliphatic heterocycles. The maximum absolute atomic E-state index is 14.2. The van der Waals surface area contributed by atoms with Crippen LogP contribution in [0.1, 0.15) is 90.8 Å². The normalized spacial score (nSPS) is 15.7. The number of amides is 1. The molecule has 4 aromatic heterocycles. The number of methoxy groups -OCH3 is 1. The fraction of sp³-hybridized carbons (Fsp3) is 0.500. The maximum Gasteiger partial charge on any atom is 0.418 e. The number of alkyl halides is 3. The molecule has 0 spiro atoms. The number of anilines is 2. The van der Waals surface area contributed by atoms with Gasteiger partial charge in [0.05, 0.1) is 35.9 Å². The third kappa shape index (κ3) is 7.74. The van der Waals surface area contributed by atoms with Crippen molar-refractivity contribution in [3.05, 3.63) is 58.7 Å². The summed E-state index contributed by atoms with van der Waals surface area (Å²) in [6.45, 7) is 5.05. The van der Waals surface area contributed by atoms with Gasteiger partial charge in [-0.2, -0.15) is 18.2 Å². The molecule has 0 bridgehead atoms. The summed E-state index contributed by atoms with van der Waals surface area (Å²) in [5.74, 6) is -0.887. The van der Waals surface area contributed by atoms with Gasteiger partial charge in [-0.3, -0.25) is 19.9 Å². The third-order valence-electron chi connectivity index (χ3n) is 9.59. The Morgan fingerprint density at radius 3 is 2.54 bits per heavy atom. The van der Waals surface area contributed by atoms with Crippen molar-refractivity contribution in [1.82, 2.24) is 24.9 Å². The highest BCUT2D eigenvalue weighted by molar-refractivity contribution is 6.03. The van der Waals surface area contributed by atoms with E-state index in [9.17, 15) is 22.8 Å². The molecule has 4 aromatic rings. The molecule has 2 N–H and O–H groups in total. The number of rotatable bonds is 13. The molecule has 0 atom stereocenters. The predicted octanol–water partition coefficient (Wildman–Crippen LogP) is 7.01. The van der Waals surface area contributed by atoms with Gasteiger partial charge in [-0.05, 0) is 69.7 Å². The van der Waals surface area contributed by atoms with E-state index in [-0.39, 0.29) is 58.0 Å². The Bertz CT molecular complexity index is 1880. The van der Waals surface area contributed by atoms with Crippen molar-refractivity contribution >= 4 is 34.7 Å². The molecular weight excluding hydrogens is 651 g/mol. The van der Waals surface area contributed by atoms with Crippen molar-refractivity contribution in [2.75, 3.05) is 44.1 Å². The van der Waals surface area contributed by atoms with Crippen LogP contribution >= 0.6 is 0 Å². The van der Waals surface area contributed by atoms with Crippen molar-refractivity contribution in [3.8, 4) is 11.3 Å². The van der Waals surface area contributed by atoms with E-state index in [1.54, 1.807) is 39.2 Å². The number of nitrogens with zero attached hydrogens (tertiary/aromatic N) is 5. The number of hydrogen-bond donors (Lipinski definition) is 2. The number of aromatic nitrogens is 5. The highest BCUT2D eigenvalue weighted by Gasteiger charge is 2.40. The largest absolute Gasteiger partial charge is 0.466 e. The van der Waals surface area contributed by atoms with Gasteiger partial charge < -0.3 is 19.4 Å². The number of H-pyrrole nitrogens is 1. The molecular formula is C36H42F3N7O4. The van der Waals surface area contributed by atoms with Gasteiger partial charge in [0.25, 0.3) is 5.91 Å². The number of carbonyl (C=O) groups is 2. The molecule has 0 radical (unpaired) electrons. The summed E-state index contributed by atoms with van der Waals surface area (Å²) >= 11 is 0. The summed E-state index contributed by atoms with van der Waals surface area (Å²) in [7, 11) is 3.62. The van der Waals surface area contributed by atoms with E-state index < -0.39 is 17.6 Å². The lowest BCUT2D eigenvalue weighted by molar-refractivity contribution is -0.143. The number of hydrogen-bond acceptors (Lipinski definition) is 9. The van der Waals surface area contributed by atoms with Gasteiger partial charge in [-0.25, -0.2) is 9.97 Å². The number of pyridine rings is 3. The lowest BCUT2D eigenvalue weighted by Crippen LogP contribution is -2.37. The second-order valence-corrected chi connectivity index (χ2v) is 13.4. The third-order valence-corrected chi connectivity index (χ3v) is 9.59. The first-order chi connectivity index (χ1) is 23.9. The van der Waals surface area contributed by atoms with Crippen LogP contribution in [0.3, 0.4) is 0 Å². The average molecular weight is 694 g/mol. The van der Waals surface area contributed by atoms with Crippen molar-refractivity contribution in [2.45, 2.75) is 77.3 Å². The van der Waals surface area contributed by atoms with Gasteiger partial charge in [-0.15, -0.1) is 0 Å². The van der Waals surface area contributed by atoms with Crippen LogP contribution < -0.4 is 10.2 Å². The SMILES string of the molecule is CCOC(=O)CCc1ccc(C(=O)Nc2nc3nc(-c4cnc(C5CC5)c(C(F)(F)F)c4)cc(N(C)CC4(COC)CCCC4)c3[nH]2)nc1C. The zero-order chi connectivity index (χ0) is 35.6. The highest BCUT2D eigenvalue weighted by atomic mass is 19.4. The molecule has 2 aliphatic rings. The molecule has 266 valence electrons. The van der Waals surface area contributed by atoms with Crippen LogP contribution in [0.5, 0.6) is 0 Å². The quantitative estimate of drug-likeness (QED) is 0.142. The number of ether oxygens (including phenoxy) is 2. The molecule has 2 saturated carbocycles.